The molecule has 1 N–H and O–H groups in total. The number of carbonyl (C=O) groups is 1. The van der Waals surface area contributed by atoms with Crippen molar-refractivity contribution in [3.63, 3.8) is 0 Å². The second kappa shape index (κ2) is 5.95. The molecule has 23 heavy (non-hydrogen) atoms. The molecule has 1 amide bonds. The molecule has 6 nitrogen and oxygen atoms in total. The largest absolute Gasteiger partial charge is 0.454 e. The van der Waals surface area contributed by atoms with Crippen LogP contribution in [0.1, 0.15) is 32.4 Å². The highest BCUT2D eigenvalue weighted by atomic mass is 16.7. The maximum atomic E-state index is 12.3. The Morgan fingerprint density at radius 3 is 2.91 bits per heavy atom. The van der Waals surface area contributed by atoms with E-state index in [0.717, 1.165) is 17.1 Å². The Hall–Kier alpha value is -2.50. The van der Waals surface area contributed by atoms with E-state index in [1.165, 1.54) is 0 Å². The summed E-state index contributed by atoms with van der Waals surface area (Å²) in [4.78, 5) is 16.3. The van der Waals surface area contributed by atoms with Gasteiger partial charge in [0.25, 0.3) is 0 Å². The van der Waals surface area contributed by atoms with Crippen LogP contribution in [0.25, 0.3) is 0 Å². The summed E-state index contributed by atoms with van der Waals surface area (Å²) in [6, 6.07) is 5.62. The van der Waals surface area contributed by atoms with Crippen molar-refractivity contribution in [1.82, 2.24) is 14.9 Å². The fraction of sp³-hybridized carbons (Fsp3) is 0.412. The fourth-order valence-electron chi connectivity index (χ4n) is 2.51. The standard InChI is InChI=1S/C17H21N3O3/c1-12(20-7-6-18-10-20)16(21)19-9-17(2,3)13-4-5-14-15(8-13)23-11-22-14/h4-8,10,12H,9,11H2,1-3H3,(H,19,21). The zero-order valence-corrected chi connectivity index (χ0v) is 13.6. The first-order valence-corrected chi connectivity index (χ1v) is 7.63. The van der Waals surface area contributed by atoms with Crippen molar-refractivity contribution < 1.29 is 14.3 Å². The highest BCUT2D eigenvalue weighted by molar-refractivity contribution is 5.80. The Morgan fingerprint density at radius 2 is 2.17 bits per heavy atom. The van der Waals surface area contributed by atoms with Crippen molar-refractivity contribution in [2.45, 2.75) is 32.2 Å². The lowest BCUT2D eigenvalue weighted by atomic mass is 9.84. The number of hydrogen-bond acceptors (Lipinski definition) is 4. The molecule has 0 saturated heterocycles. The molecule has 2 heterocycles. The third-order valence-corrected chi connectivity index (χ3v) is 4.21. The van der Waals surface area contributed by atoms with Gasteiger partial charge >= 0.3 is 0 Å². The minimum absolute atomic E-state index is 0.0307. The molecule has 0 aliphatic carbocycles. The molecule has 1 atom stereocenters. The molecule has 0 saturated carbocycles. The normalized spacial score (nSPS) is 14.6. The van der Waals surface area contributed by atoms with Crippen LogP contribution in [0, 0.1) is 0 Å². The van der Waals surface area contributed by atoms with Gasteiger partial charge in [-0.3, -0.25) is 4.79 Å². The van der Waals surface area contributed by atoms with E-state index in [2.05, 4.69) is 24.1 Å². The first-order chi connectivity index (χ1) is 11.0. The number of carbonyl (C=O) groups excluding carboxylic acids is 1. The van der Waals surface area contributed by atoms with Crippen LogP contribution in [0.4, 0.5) is 0 Å². The Balaban J connectivity index is 1.65. The van der Waals surface area contributed by atoms with E-state index in [9.17, 15) is 4.79 Å². The summed E-state index contributed by atoms with van der Waals surface area (Å²) in [6.07, 6.45) is 5.10. The number of benzene rings is 1. The minimum atomic E-state index is -0.287. The first-order valence-electron chi connectivity index (χ1n) is 7.63. The molecule has 1 aliphatic rings. The molecule has 1 unspecified atom stereocenters. The van der Waals surface area contributed by atoms with Gasteiger partial charge in [-0.05, 0) is 24.6 Å². The molecule has 6 heteroatoms. The molecule has 0 fully saturated rings. The quantitative estimate of drug-likeness (QED) is 0.919. The van der Waals surface area contributed by atoms with E-state index in [0.29, 0.717) is 6.54 Å². The van der Waals surface area contributed by atoms with Crippen LogP contribution in [0.15, 0.2) is 36.9 Å². The van der Waals surface area contributed by atoms with Crippen molar-refractivity contribution in [2.24, 2.45) is 0 Å². The lowest BCUT2D eigenvalue weighted by Gasteiger charge is -2.27. The van der Waals surface area contributed by atoms with Crippen molar-refractivity contribution in [3.8, 4) is 11.5 Å². The van der Waals surface area contributed by atoms with E-state index >= 15 is 0 Å². The molecule has 1 aliphatic heterocycles. The highest BCUT2D eigenvalue weighted by Gasteiger charge is 2.25. The maximum Gasteiger partial charge on any atom is 0.242 e. The third-order valence-electron chi connectivity index (χ3n) is 4.21. The molecule has 122 valence electrons. The van der Waals surface area contributed by atoms with Gasteiger partial charge in [-0.2, -0.15) is 0 Å². The Morgan fingerprint density at radius 1 is 1.39 bits per heavy atom. The van der Waals surface area contributed by atoms with Crippen molar-refractivity contribution in [2.75, 3.05) is 13.3 Å². The lowest BCUT2D eigenvalue weighted by molar-refractivity contribution is -0.124. The summed E-state index contributed by atoms with van der Waals surface area (Å²) in [5.41, 5.74) is 0.878. The van der Waals surface area contributed by atoms with Crippen molar-refractivity contribution in [3.05, 3.63) is 42.5 Å². The van der Waals surface area contributed by atoms with Gasteiger partial charge in [0.1, 0.15) is 6.04 Å². The van der Waals surface area contributed by atoms with Crippen LogP contribution in [0.2, 0.25) is 0 Å². The summed E-state index contributed by atoms with van der Waals surface area (Å²) in [5.74, 6) is 1.49. The number of amides is 1. The van der Waals surface area contributed by atoms with Gasteiger partial charge in [-0.15, -0.1) is 0 Å². The first kappa shape index (κ1) is 15.4. The number of aromatic nitrogens is 2. The van der Waals surface area contributed by atoms with Crippen LogP contribution >= 0.6 is 0 Å². The van der Waals surface area contributed by atoms with Crippen LogP contribution in [-0.4, -0.2) is 28.8 Å². The van der Waals surface area contributed by atoms with E-state index in [1.54, 1.807) is 23.3 Å². The average Bonchev–Trinajstić information content (AvgIpc) is 3.22. The SMILES string of the molecule is CC(C(=O)NCC(C)(C)c1ccc2c(c1)OCO2)n1ccnc1. The lowest BCUT2D eigenvalue weighted by Crippen LogP contribution is -2.39. The molecule has 0 spiro atoms. The molecule has 2 aromatic rings. The van der Waals surface area contributed by atoms with Crippen LogP contribution in [0.3, 0.4) is 0 Å². The number of hydrogen-bond donors (Lipinski definition) is 1. The van der Waals surface area contributed by atoms with Gasteiger partial charge in [0.2, 0.25) is 12.7 Å². The number of rotatable bonds is 5. The molecule has 0 bridgehead atoms. The van der Waals surface area contributed by atoms with Gasteiger partial charge in [0.15, 0.2) is 11.5 Å². The second-order valence-corrected chi connectivity index (χ2v) is 6.36. The zero-order valence-electron chi connectivity index (χ0n) is 13.6. The number of nitrogens with one attached hydrogen (secondary N) is 1. The topological polar surface area (TPSA) is 65.4 Å². The molecule has 1 aromatic carbocycles. The van der Waals surface area contributed by atoms with Crippen LogP contribution in [0.5, 0.6) is 11.5 Å². The van der Waals surface area contributed by atoms with Gasteiger partial charge in [0, 0.05) is 24.4 Å². The number of nitrogens with zero attached hydrogens (tertiary/aromatic N) is 2. The number of imidazole rings is 1. The Bertz CT molecular complexity index is 695. The summed E-state index contributed by atoms with van der Waals surface area (Å²) in [6.45, 7) is 6.83. The number of ether oxygens (including phenoxy) is 2. The number of fused-ring (bicyclic) bond motifs is 1. The van der Waals surface area contributed by atoms with E-state index < -0.39 is 0 Å². The minimum Gasteiger partial charge on any atom is -0.454 e. The third kappa shape index (κ3) is 3.16. The van der Waals surface area contributed by atoms with Crippen LogP contribution in [-0.2, 0) is 10.2 Å². The van der Waals surface area contributed by atoms with Gasteiger partial charge in [0.05, 0.1) is 6.33 Å². The highest BCUT2D eigenvalue weighted by Crippen LogP contribution is 2.36. The summed E-state index contributed by atoms with van der Waals surface area (Å²) in [7, 11) is 0. The van der Waals surface area contributed by atoms with Crippen molar-refractivity contribution in [1.29, 1.82) is 0 Å². The molecular weight excluding hydrogens is 294 g/mol. The van der Waals surface area contributed by atoms with Crippen molar-refractivity contribution >= 4 is 5.91 Å². The Labute approximate surface area is 135 Å². The monoisotopic (exact) mass is 315 g/mol. The van der Waals surface area contributed by atoms with Gasteiger partial charge in [-0.1, -0.05) is 19.9 Å². The molecule has 0 radical (unpaired) electrons. The summed E-state index contributed by atoms with van der Waals surface area (Å²) in [5, 5.41) is 3.02. The van der Waals surface area contributed by atoms with E-state index in [4.69, 9.17) is 9.47 Å². The van der Waals surface area contributed by atoms with E-state index in [1.807, 2.05) is 25.1 Å². The Kier molecular flexibility index (Phi) is 3.98. The smallest absolute Gasteiger partial charge is 0.242 e. The predicted molar refractivity (Wildman–Crippen MR) is 85.5 cm³/mol. The maximum absolute atomic E-state index is 12.3. The zero-order chi connectivity index (χ0) is 16.4. The summed E-state index contributed by atoms with van der Waals surface area (Å²) < 4.78 is 12.5. The van der Waals surface area contributed by atoms with E-state index in [-0.39, 0.29) is 24.2 Å². The molecule has 3 rings (SSSR count). The van der Waals surface area contributed by atoms with Crippen LogP contribution < -0.4 is 14.8 Å². The predicted octanol–water partition coefficient (Wildman–Crippen LogP) is 2.27. The average molecular weight is 315 g/mol. The van der Waals surface area contributed by atoms with Gasteiger partial charge < -0.3 is 19.4 Å². The molecular formula is C17H21N3O3. The second-order valence-electron chi connectivity index (χ2n) is 6.36. The summed E-state index contributed by atoms with van der Waals surface area (Å²) >= 11 is 0. The fourth-order valence-corrected chi connectivity index (χ4v) is 2.51. The van der Waals surface area contributed by atoms with Gasteiger partial charge in [-0.25, -0.2) is 4.98 Å². The molecule has 1 aromatic heterocycles.